The van der Waals surface area contributed by atoms with Crippen molar-refractivity contribution in [3.63, 3.8) is 0 Å². The van der Waals surface area contributed by atoms with E-state index in [2.05, 4.69) is 10.6 Å². The number of rotatable bonds is 4. The highest BCUT2D eigenvalue weighted by molar-refractivity contribution is 5.96. The third-order valence-corrected chi connectivity index (χ3v) is 4.43. The summed E-state index contributed by atoms with van der Waals surface area (Å²) in [5.74, 6) is -1.05. The fraction of sp³-hybridized carbons (Fsp3) is 0.500. The summed E-state index contributed by atoms with van der Waals surface area (Å²) in [7, 11) is 0. The number of aliphatic carboxylic acids is 1. The maximum absolute atomic E-state index is 12.4. The quantitative estimate of drug-likeness (QED) is 0.779. The number of hydrogen-bond acceptors (Lipinski definition) is 3. The lowest BCUT2D eigenvalue weighted by atomic mass is 9.90. The van der Waals surface area contributed by atoms with E-state index in [1.54, 1.807) is 25.1 Å². The van der Waals surface area contributed by atoms with Gasteiger partial charge in [-0.15, -0.1) is 0 Å². The number of carbonyl (C=O) groups is 3. The van der Waals surface area contributed by atoms with E-state index >= 15 is 0 Å². The zero-order valence-corrected chi connectivity index (χ0v) is 15.0. The van der Waals surface area contributed by atoms with Crippen LogP contribution in [-0.2, 0) is 4.79 Å². The monoisotopic (exact) mass is 347 g/mol. The first-order valence-corrected chi connectivity index (χ1v) is 8.33. The predicted octanol–water partition coefficient (Wildman–Crippen LogP) is 2.46. The highest BCUT2D eigenvalue weighted by Crippen LogP contribution is 2.30. The largest absolute Gasteiger partial charge is 0.481 e. The topological polar surface area (TPSA) is 98.7 Å². The van der Waals surface area contributed by atoms with Gasteiger partial charge in [0.2, 0.25) is 0 Å². The molecule has 1 fully saturated rings. The molecule has 1 aromatic rings. The van der Waals surface area contributed by atoms with Crippen LogP contribution in [0.3, 0.4) is 0 Å². The molecule has 7 nitrogen and oxygen atoms in total. The van der Waals surface area contributed by atoms with E-state index in [4.69, 9.17) is 0 Å². The Morgan fingerprint density at radius 3 is 2.48 bits per heavy atom. The van der Waals surface area contributed by atoms with E-state index in [-0.39, 0.29) is 24.5 Å². The average Bonchev–Trinajstić information content (AvgIpc) is 2.92. The van der Waals surface area contributed by atoms with E-state index < -0.39 is 11.4 Å². The van der Waals surface area contributed by atoms with Crippen LogP contribution in [0.4, 0.5) is 10.5 Å². The van der Waals surface area contributed by atoms with Gasteiger partial charge in [0.1, 0.15) is 0 Å². The Kier molecular flexibility index (Phi) is 5.35. The van der Waals surface area contributed by atoms with Crippen LogP contribution in [0.2, 0.25) is 0 Å². The van der Waals surface area contributed by atoms with E-state index in [1.165, 1.54) is 4.90 Å². The van der Waals surface area contributed by atoms with Crippen LogP contribution < -0.4 is 10.6 Å². The lowest BCUT2D eigenvalue weighted by Gasteiger charge is -2.21. The number of benzene rings is 1. The molecule has 0 aromatic heterocycles. The van der Waals surface area contributed by atoms with Crippen molar-refractivity contribution in [3.05, 3.63) is 29.3 Å². The predicted molar refractivity (Wildman–Crippen MR) is 94.7 cm³/mol. The highest BCUT2D eigenvalue weighted by Gasteiger charge is 2.42. The molecule has 7 heteroatoms. The molecule has 1 unspecified atom stereocenters. The Labute approximate surface area is 147 Å². The molecule has 0 aliphatic carbocycles. The normalized spacial score (nSPS) is 19.8. The molecular weight excluding hydrogens is 322 g/mol. The zero-order valence-electron chi connectivity index (χ0n) is 15.0. The van der Waals surface area contributed by atoms with Gasteiger partial charge >= 0.3 is 12.0 Å². The molecule has 0 saturated carbocycles. The lowest BCUT2D eigenvalue weighted by Crippen LogP contribution is -2.37. The summed E-state index contributed by atoms with van der Waals surface area (Å²) in [6.45, 7) is 7.83. The Hall–Kier alpha value is -2.57. The number of carboxylic acids is 1. The molecule has 1 atom stereocenters. The second-order valence-corrected chi connectivity index (χ2v) is 7.13. The average molecular weight is 347 g/mol. The maximum Gasteiger partial charge on any atom is 0.321 e. The fourth-order valence-corrected chi connectivity index (χ4v) is 2.79. The molecule has 136 valence electrons. The summed E-state index contributed by atoms with van der Waals surface area (Å²) in [6, 6.07) is 4.79. The Morgan fingerprint density at radius 2 is 1.96 bits per heavy atom. The molecule has 0 spiro atoms. The van der Waals surface area contributed by atoms with Crippen molar-refractivity contribution in [2.45, 2.75) is 40.2 Å². The number of likely N-dealkylation sites (tertiary alicyclic amines) is 1. The van der Waals surface area contributed by atoms with E-state index in [0.29, 0.717) is 24.2 Å². The third kappa shape index (κ3) is 4.29. The minimum absolute atomic E-state index is 0.0471. The summed E-state index contributed by atoms with van der Waals surface area (Å²) >= 11 is 0. The Morgan fingerprint density at radius 1 is 1.28 bits per heavy atom. The van der Waals surface area contributed by atoms with Crippen molar-refractivity contribution in [2.24, 2.45) is 5.41 Å². The molecule has 1 saturated heterocycles. The molecule has 1 aromatic carbocycles. The second kappa shape index (κ2) is 7.13. The first-order valence-electron chi connectivity index (χ1n) is 8.33. The number of nitrogens with zero attached hydrogens (tertiary/aromatic N) is 1. The summed E-state index contributed by atoms with van der Waals surface area (Å²) in [6.07, 6.45) is 0.434. The van der Waals surface area contributed by atoms with Gasteiger partial charge < -0.3 is 20.6 Å². The number of aryl methyl sites for hydroxylation is 1. The molecule has 2 rings (SSSR count). The van der Waals surface area contributed by atoms with Crippen molar-refractivity contribution in [3.8, 4) is 0 Å². The van der Waals surface area contributed by atoms with Gasteiger partial charge in [-0.05, 0) is 57.9 Å². The summed E-state index contributed by atoms with van der Waals surface area (Å²) < 4.78 is 0. The minimum atomic E-state index is -0.898. The summed E-state index contributed by atoms with van der Waals surface area (Å²) in [5, 5.41) is 14.9. The van der Waals surface area contributed by atoms with Gasteiger partial charge in [0.25, 0.3) is 5.91 Å². The maximum atomic E-state index is 12.4. The van der Waals surface area contributed by atoms with Crippen LogP contribution in [0.5, 0.6) is 0 Å². The van der Waals surface area contributed by atoms with Gasteiger partial charge in [-0.25, -0.2) is 4.79 Å². The van der Waals surface area contributed by atoms with Gasteiger partial charge in [-0.1, -0.05) is 0 Å². The number of carboxylic acid groups (broad SMARTS) is 1. The number of hydrogen-bond donors (Lipinski definition) is 3. The van der Waals surface area contributed by atoms with Gasteiger partial charge in [0, 0.05) is 30.4 Å². The first-order chi connectivity index (χ1) is 11.6. The van der Waals surface area contributed by atoms with Crippen LogP contribution in [0.25, 0.3) is 0 Å². The Bertz CT molecular complexity index is 702. The first kappa shape index (κ1) is 18.8. The van der Waals surface area contributed by atoms with Crippen LogP contribution in [0.1, 0.15) is 43.1 Å². The van der Waals surface area contributed by atoms with Gasteiger partial charge in [-0.2, -0.15) is 0 Å². The smallest absolute Gasteiger partial charge is 0.321 e. The van der Waals surface area contributed by atoms with Crippen LogP contribution in [-0.4, -0.2) is 47.0 Å². The van der Waals surface area contributed by atoms with Crippen molar-refractivity contribution < 1.29 is 19.5 Å². The Balaban J connectivity index is 2.05. The number of carbonyl (C=O) groups excluding carboxylic acids is 2. The molecule has 3 N–H and O–H groups in total. The van der Waals surface area contributed by atoms with Crippen molar-refractivity contribution in [1.29, 1.82) is 0 Å². The SMILES string of the molecule is Cc1cc(C(=O)NC(C)C)ccc1NC(=O)N1CCC(C)(C(=O)O)C1. The molecule has 1 aliphatic rings. The highest BCUT2D eigenvalue weighted by atomic mass is 16.4. The number of anilines is 1. The molecule has 3 amide bonds. The van der Waals surface area contributed by atoms with Crippen LogP contribution >= 0.6 is 0 Å². The number of nitrogens with one attached hydrogen (secondary N) is 2. The van der Waals surface area contributed by atoms with Crippen molar-refractivity contribution in [2.75, 3.05) is 18.4 Å². The van der Waals surface area contributed by atoms with E-state index in [0.717, 1.165) is 5.56 Å². The molecule has 1 heterocycles. The van der Waals surface area contributed by atoms with Crippen molar-refractivity contribution in [1.82, 2.24) is 10.2 Å². The molecule has 0 bridgehead atoms. The molecule has 1 aliphatic heterocycles. The van der Waals surface area contributed by atoms with Crippen molar-refractivity contribution >= 4 is 23.6 Å². The summed E-state index contributed by atoms with van der Waals surface area (Å²) in [5.41, 5.74) is 1.01. The number of amides is 3. The van der Waals surface area contributed by atoms with Crippen LogP contribution in [0, 0.1) is 12.3 Å². The summed E-state index contributed by atoms with van der Waals surface area (Å²) in [4.78, 5) is 37.2. The standard InChI is InChI=1S/C18H25N3O4/c1-11(2)19-15(22)13-5-6-14(12(3)9-13)20-17(25)21-8-7-18(4,10-21)16(23)24/h5-6,9,11H,7-8,10H2,1-4H3,(H,19,22)(H,20,25)(H,23,24). The minimum Gasteiger partial charge on any atom is -0.481 e. The van der Waals surface area contributed by atoms with Gasteiger partial charge in [0.15, 0.2) is 0 Å². The zero-order chi connectivity index (χ0) is 18.8. The molecule has 0 radical (unpaired) electrons. The molecular formula is C18H25N3O4. The van der Waals surface area contributed by atoms with Gasteiger partial charge in [0.05, 0.1) is 5.41 Å². The van der Waals surface area contributed by atoms with Crippen LogP contribution in [0.15, 0.2) is 18.2 Å². The molecule has 25 heavy (non-hydrogen) atoms. The van der Waals surface area contributed by atoms with Gasteiger partial charge in [-0.3, -0.25) is 9.59 Å². The number of urea groups is 1. The van der Waals surface area contributed by atoms with E-state index in [1.807, 2.05) is 20.8 Å². The second-order valence-electron chi connectivity index (χ2n) is 7.13. The fourth-order valence-electron chi connectivity index (χ4n) is 2.79. The third-order valence-electron chi connectivity index (χ3n) is 4.43. The van der Waals surface area contributed by atoms with E-state index in [9.17, 15) is 19.5 Å². The lowest BCUT2D eigenvalue weighted by molar-refractivity contribution is -0.146.